The quantitative estimate of drug-likeness (QED) is 0.217. The molecule has 1 nitrogen and oxygen atoms in total. The van der Waals surface area contributed by atoms with Crippen molar-refractivity contribution < 1.29 is 4.79 Å². The minimum atomic E-state index is -0.279. The zero-order valence-electron chi connectivity index (χ0n) is 14.6. The van der Waals surface area contributed by atoms with Crippen molar-refractivity contribution in [3.8, 4) is 0 Å². The van der Waals surface area contributed by atoms with Crippen LogP contribution in [0.5, 0.6) is 0 Å². The van der Waals surface area contributed by atoms with Gasteiger partial charge in [0, 0.05) is 0 Å². The number of carbonyl (C=O) groups is 1. The molecule has 0 heterocycles. The van der Waals surface area contributed by atoms with Gasteiger partial charge in [-0.2, -0.15) is 0 Å². The number of allylic oxidation sites excluding steroid dienone is 2. The standard InChI is InChI=1S/C24H22OS/c25-19-11-4-12-20-26-24(21-13-5-1-6-14-21,22-15-7-2-8-16-22)23-17-9-3-10-18-23/h1-11,13-19H,12,20H2/b11-4+. The summed E-state index contributed by atoms with van der Waals surface area (Å²) in [4.78, 5) is 10.5. The molecule has 0 aliphatic rings. The molecule has 0 N–H and O–H groups in total. The highest BCUT2D eigenvalue weighted by atomic mass is 32.2. The molecule has 2 heteroatoms. The number of rotatable bonds is 8. The van der Waals surface area contributed by atoms with E-state index in [1.165, 1.54) is 16.7 Å². The first-order valence-corrected chi connectivity index (χ1v) is 9.77. The highest BCUT2D eigenvalue weighted by molar-refractivity contribution is 8.00. The summed E-state index contributed by atoms with van der Waals surface area (Å²) >= 11 is 1.91. The minimum absolute atomic E-state index is 0.279. The molecular formula is C24H22OS. The number of thioether (sulfide) groups is 1. The van der Waals surface area contributed by atoms with E-state index in [0.29, 0.717) is 0 Å². The van der Waals surface area contributed by atoms with Crippen molar-refractivity contribution >= 4 is 18.0 Å². The zero-order chi connectivity index (χ0) is 18.1. The minimum Gasteiger partial charge on any atom is -0.299 e. The van der Waals surface area contributed by atoms with Crippen molar-refractivity contribution in [1.82, 2.24) is 0 Å². The van der Waals surface area contributed by atoms with E-state index in [9.17, 15) is 4.79 Å². The Morgan fingerprint density at radius 2 is 1.12 bits per heavy atom. The molecule has 0 aromatic heterocycles. The Kier molecular flexibility index (Phi) is 6.45. The molecule has 0 atom stereocenters. The van der Waals surface area contributed by atoms with Crippen LogP contribution in [0, 0.1) is 0 Å². The van der Waals surface area contributed by atoms with Crippen molar-refractivity contribution in [2.75, 3.05) is 5.75 Å². The van der Waals surface area contributed by atoms with Crippen molar-refractivity contribution in [2.45, 2.75) is 11.2 Å². The molecule has 0 fully saturated rings. The van der Waals surface area contributed by atoms with E-state index >= 15 is 0 Å². The second-order valence-electron chi connectivity index (χ2n) is 5.98. The number of hydrogen-bond acceptors (Lipinski definition) is 2. The Morgan fingerprint density at radius 3 is 1.50 bits per heavy atom. The average molecular weight is 359 g/mol. The number of benzene rings is 3. The Hall–Kier alpha value is -2.58. The molecule has 0 unspecified atom stereocenters. The normalized spacial score (nSPS) is 11.5. The van der Waals surface area contributed by atoms with Crippen molar-refractivity contribution in [2.24, 2.45) is 0 Å². The van der Waals surface area contributed by atoms with Gasteiger partial charge in [-0.15, -0.1) is 11.8 Å². The molecule has 3 rings (SSSR count). The Bertz CT molecular complexity index is 729. The van der Waals surface area contributed by atoms with Crippen molar-refractivity contribution in [3.05, 3.63) is 120 Å². The maximum atomic E-state index is 10.5. The van der Waals surface area contributed by atoms with Gasteiger partial charge in [-0.3, -0.25) is 4.79 Å². The van der Waals surface area contributed by atoms with Crippen LogP contribution in [-0.4, -0.2) is 12.0 Å². The largest absolute Gasteiger partial charge is 0.299 e. The van der Waals surface area contributed by atoms with Gasteiger partial charge < -0.3 is 0 Å². The summed E-state index contributed by atoms with van der Waals surface area (Å²) in [5, 5.41) is 0. The third-order valence-corrected chi connectivity index (χ3v) is 5.94. The lowest BCUT2D eigenvalue weighted by Crippen LogP contribution is -2.26. The fraction of sp³-hybridized carbons (Fsp3) is 0.125. The fourth-order valence-electron chi connectivity index (χ4n) is 3.20. The van der Waals surface area contributed by atoms with Crippen LogP contribution in [0.15, 0.2) is 103 Å². The molecule has 0 aliphatic carbocycles. The first-order valence-electron chi connectivity index (χ1n) is 8.79. The molecular weight excluding hydrogens is 336 g/mol. The summed E-state index contributed by atoms with van der Waals surface area (Å²) in [5.74, 6) is 0.920. The van der Waals surface area contributed by atoms with Gasteiger partial charge in [0.15, 0.2) is 0 Å². The Balaban J connectivity index is 2.11. The summed E-state index contributed by atoms with van der Waals surface area (Å²) in [7, 11) is 0. The molecule has 0 amide bonds. The van der Waals surface area contributed by atoms with Gasteiger partial charge in [0.1, 0.15) is 6.29 Å². The molecule has 26 heavy (non-hydrogen) atoms. The topological polar surface area (TPSA) is 17.1 Å². The van der Waals surface area contributed by atoms with Gasteiger partial charge >= 0.3 is 0 Å². The maximum Gasteiger partial charge on any atom is 0.142 e. The predicted octanol–water partition coefficient (Wildman–Crippen LogP) is 5.86. The number of carbonyl (C=O) groups excluding carboxylic acids is 1. The Labute approximate surface area is 159 Å². The molecule has 0 radical (unpaired) electrons. The second-order valence-corrected chi connectivity index (χ2v) is 7.29. The van der Waals surface area contributed by atoms with Crippen LogP contribution < -0.4 is 0 Å². The molecule has 0 bridgehead atoms. The van der Waals surface area contributed by atoms with Crippen LogP contribution in [-0.2, 0) is 9.54 Å². The highest BCUT2D eigenvalue weighted by Crippen LogP contribution is 2.48. The summed E-state index contributed by atoms with van der Waals surface area (Å²) in [5.41, 5.74) is 3.80. The van der Waals surface area contributed by atoms with Gasteiger partial charge in [0.25, 0.3) is 0 Å². The maximum absolute atomic E-state index is 10.5. The van der Waals surface area contributed by atoms with Gasteiger partial charge in [0.05, 0.1) is 4.75 Å². The molecule has 3 aromatic rings. The molecule has 0 saturated heterocycles. The molecule has 0 spiro atoms. The van der Waals surface area contributed by atoms with Crippen LogP contribution in [0.2, 0.25) is 0 Å². The fourth-order valence-corrected chi connectivity index (χ4v) is 4.67. The average Bonchev–Trinajstić information content (AvgIpc) is 2.73. The second kappa shape index (κ2) is 9.21. The van der Waals surface area contributed by atoms with Crippen molar-refractivity contribution in [3.63, 3.8) is 0 Å². The lowest BCUT2D eigenvalue weighted by molar-refractivity contribution is -0.104. The third kappa shape index (κ3) is 3.97. The molecule has 0 aliphatic heterocycles. The van der Waals surface area contributed by atoms with E-state index in [2.05, 4.69) is 91.0 Å². The number of aldehydes is 1. The van der Waals surface area contributed by atoms with E-state index < -0.39 is 0 Å². The van der Waals surface area contributed by atoms with Gasteiger partial charge in [0.2, 0.25) is 0 Å². The van der Waals surface area contributed by atoms with Gasteiger partial charge in [-0.1, -0.05) is 97.1 Å². The lowest BCUT2D eigenvalue weighted by Gasteiger charge is -2.35. The summed E-state index contributed by atoms with van der Waals surface area (Å²) < 4.78 is -0.279. The van der Waals surface area contributed by atoms with Gasteiger partial charge in [-0.25, -0.2) is 0 Å². The smallest absolute Gasteiger partial charge is 0.142 e. The summed E-state index contributed by atoms with van der Waals surface area (Å²) in [6.07, 6.45) is 5.21. The third-order valence-electron chi connectivity index (χ3n) is 4.36. The first kappa shape index (κ1) is 18.2. The van der Waals surface area contributed by atoms with E-state index in [0.717, 1.165) is 18.5 Å². The van der Waals surface area contributed by atoms with Crippen LogP contribution >= 0.6 is 11.8 Å². The van der Waals surface area contributed by atoms with E-state index in [-0.39, 0.29) is 4.75 Å². The summed E-state index contributed by atoms with van der Waals surface area (Å²) in [6, 6.07) is 32.0. The zero-order valence-corrected chi connectivity index (χ0v) is 15.4. The van der Waals surface area contributed by atoms with E-state index in [4.69, 9.17) is 0 Å². The highest BCUT2D eigenvalue weighted by Gasteiger charge is 2.36. The predicted molar refractivity (Wildman–Crippen MR) is 111 cm³/mol. The van der Waals surface area contributed by atoms with Crippen LogP contribution in [0.1, 0.15) is 23.1 Å². The SMILES string of the molecule is O=C/C=C/CCSC(c1ccccc1)(c1ccccc1)c1ccccc1. The Morgan fingerprint density at radius 1 is 0.692 bits per heavy atom. The van der Waals surface area contributed by atoms with Crippen molar-refractivity contribution in [1.29, 1.82) is 0 Å². The first-order chi connectivity index (χ1) is 12.9. The van der Waals surface area contributed by atoms with E-state index in [1.807, 2.05) is 17.8 Å². The lowest BCUT2D eigenvalue weighted by atomic mass is 9.84. The monoisotopic (exact) mass is 358 g/mol. The molecule has 0 saturated carbocycles. The van der Waals surface area contributed by atoms with E-state index in [1.54, 1.807) is 6.08 Å². The molecule has 3 aromatic carbocycles. The van der Waals surface area contributed by atoms with Crippen LogP contribution in [0.3, 0.4) is 0 Å². The number of hydrogen-bond donors (Lipinski definition) is 0. The molecule has 130 valence electrons. The van der Waals surface area contributed by atoms with Gasteiger partial charge in [-0.05, 0) is 34.9 Å². The van der Waals surface area contributed by atoms with Crippen LogP contribution in [0.4, 0.5) is 0 Å². The summed E-state index contributed by atoms with van der Waals surface area (Å²) in [6.45, 7) is 0. The van der Waals surface area contributed by atoms with Crippen LogP contribution in [0.25, 0.3) is 0 Å².